The van der Waals surface area contributed by atoms with E-state index < -0.39 is 0 Å². The molecule has 0 aromatic carbocycles. The molecule has 0 amide bonds. The first-order chi connectivity index (χ1) is 8.13. The predicted octanol–water partition coefficient (Wildman–Crippen LogP) is 2.75. The maximum Gasteiger partial charge on any atom is 0.328 e. The summed E-state index contributed by atoms with van der Waals surface area (Å²) in [7, 11) is 1.42. The normalized spacial score (nSPS) is 19.5. The van der Waals surface area contributed by atoms with Crippen molar-refractivity contribution >= 4 is 43.6 Å². The predicted molar refractivity (Wildman–Crippen MR) is 72.0 cm³/mol. The number of nitrogens with zero attached hydrogens (tertiary/aromatic N) is 2. The van der Waals surface area contributed by atoms with E-state index in [0.717, 1.165) is 34.1 Å². The molecule has 1 fully saturated rings. The summed E-state index contributed by atoms with van der Waals surface area (Å²) in [5.41, 5.74) is 0. The third-order valence-electron chi connectivity index (χ3n) is 2.79. The molecule has 0 bridgehead atoms. The second-order valence-electron chi connectivity index (χ2n) is 3.83. The van der Waals surface area contributed by atoms with E-state index in [1.807, 2.05) is 11.0 Å². The number of ether oxygens (including phenoxy) is 1. The van der Waals surface area contributed by atoms with Crippen LogP contribution in [0.5, 0.6) is 0 Å². The van der Waals surface area contributed by atoms with Gasteiger partial charge >= 0.3 is 5.97 Å². The molecule has 1 aliphatic heterocycles. The van der Waals surface area contributed by atoms with Gasteiger partial charge in [0.15, 0.2) is 0 Å². The second-order valence-corrected chi connectivity index (χ2v) is 5.60. The Kier molecular flexibility index (Phi) is 4.04. The molecule has 1 aromatic rings. The number of esters is 1. The first-order valence-electron chi connectivity index (χ1n) is 5.29. The van der Waals surface area contributed by atoms with Gasteiger partial charge in [-0.1, -0.05) is 0 Å². The zero-order valence-corrected chi connectivity index (χ0v) is 12.5. The number of methoxy groups -OCH3 is 1. The largest absolute Gasteiger partial charge is 0.467 e. The monoisotopic (exact) mass is 362 g/mol. The average Bonchev–Trinajstić information content (AvgIpc) is 2.77. The molecule has 0 saturated carbocycles. The number of hydrogen-bond donors (Lipinski definition) is 0. The number of pyridine rings is 1. The first-order valence-corrected chi connectivity index (χ1v) is 6.87. The maximum atomic E-state index is 11.7. The van der Waals surface area contributed by atoms with Gasteiger partial charge < -0.3 is 9.64 Å². The molecule has 0 spiro atoms. The molecular weight excluding hydrogens is 352 g/mol. The maximum absolute atomic E-state index is 11.7. The number of carbonyl (C=O) groups excluding carboxylic acids is 1. The summed E-state index contributed by atoms with van der Waals surface area (Å²) >= 11 is 6.83. The van der Waals surface area contributed by atoms with E-state index >= 15 is 0 Å². The van der Waals surface area contributed by atoms with Crippen molar-refractivity contribution in [3.05, 3.63) is 21.2 Å². The highest BCUT2D eigenvalue weighted by Gasteiger charge is 2.33. The van der Waals surface area contributed by atoms with Crippen LogP contribution in [0.2, 0.25) is 0 Å². The molecule has 2 heterocycles. The molecule has 17 heavy (non-hydrogen) atoms. The van der Waals surface area contributed by atoms with Gasteiger partial charge in [-0.2, -0.15) is 0 Å². The molecule has 1 aliphatic rings. The van der Waals surface area contributed by atoms with Gasteiger partial charge in [0, 0.05) is 17.2 Å². The minimum Gasteiger partial charge on any atom is -0.467 e. The van der Waals surface area contributed by atoms with Crippen LogP contribution < -0.4 is 4.90 Å². The molecule has 1 unspecified atom stereocenters. The fourth-order valence-corrected chi connectivity index (χ4v) is 3.24. The van der Waals surface area contributed by atoms with E-state index in [4.69, 9.17) is 4.74 Å². The zero-order valence-electron chi connectivity index (χ0n) is 9.32. The van der Waals surface area contributed by atoms with Crippen LogP contribution in [0.3, 0.4) is 0 Å². The van der Waals surface area contributed by atoms with Crippen LogP contribution in [0.25, 0.3) is 0 Å². The van der Waals surface area contributed by atoms with Crippen LogP contribution in [0.4, 0.5) is 5.82 Å². The number of rotatable bonds is 2. The Morgan fingerprint density at radius 1 is 1.59 bits per heavy atom. The van der Waals surface area contributed by atoms with Crippen LogP contribution in [-0.2, 0) is 9.53 Å². The molecule has 1 saturated heterocycles. The van der Waals surface area contributed by atoms with E-state index in [9.17, 15) is 4.79 Å². The third kappa shape index (κ3) is 2.63. The molecule has 0 aliphatic carbocycles. The fourth-order valence-electron chi connectivity index (χ4n) is 2.02. The van der Waals surface area contributed by atoms with Crippen molar-refractivity contribution < 1.29 is 9.53 Å². The Morgan fingerprint density at radius 3 is 3.00 bits per heavy atom. The third-order valence-corrected chi connectivity index (χ3v) is 3.80. The van der Waals surface area contributed by atoms with Crippen LogP contribution in [-0.4, -0.2) is 30.6 Å². The zero-order chi connectivity index (χ0) is 12.4. The lowest BCUT2D eigenvalue weighted by molar-refractivity contribution is -0.141. The lowest BCUT2D eigenvalue weighted by Gasteiger charge is -2.24. The van der Waals surface area contributed by atoms with Crippen LogP contribution >= 0.6 is 31.9 Å². The quantitative estimate of drug-likeness (QED) is 0.757. The van der Waals surface area contributed by atoms with Crippen molar-refractivity contribution in [2.24, 2.45) is 0 Å². The molecule has 0 radical (unpaired) electrons. The Balaban J connectivity index is 2.29. The summed E-state index contributed by atoms with van der Waals surface area (Å²) in [6.07, 6.45) is 3.52. The van der Waals surface area contributed by atoms with Crippen molar-refractivity contribution in [1.82, 2.24) is 4.98 Å². The van der Waals surface area contributed by atoms with Crippen LogP contribution in [0, 0.1) is 0 Å². The Labute approximate surface area is 117 Å². The average molecular weight is 364 g/mol. The minimum absolute atomic E-state index is 0.195. The Morgan fingerprint density at radius 2 is 2.35 bits per heavy atom. The Hall–Kier alpha value is -0.620. The summed E-state index contributed by atoms with van der Waals surface area (Å²) < 4.78 is 6.60. The Bertz CT molecular complexity index is 439. The number of anilines is 1. The summed E-state index contributed by atoms with van der Waals surface area (Å²) in [5, 5.41) is 0. The molecular formula is C11H12Br2N2O2. The molecule has 4 nitrogen and oxygen atoms in total. The van der Waals surface area contributed by atoms with Gasteiger partial charge in [-0.05, 0) is 50.8 Å². The van der Waals surface area contributed by atoms with Gasteiger partial charge in [-0.3, -0.25) is 0 Å². The van der Waals surface area contributed by atoms with Crippen molar-refractivity contribution in [1.29, 1.82) is 0 Å². The topological polar surface area (TPSA) is 42.4 Å². The lowest BCUT2D eigenvalue weighted by atomic mass is 10.2. The highest BCUT2D eigenvalue weighted by Crippen LogP contribution is 2.32. The number of aromatic nitrogens is 1. The summed E-state index contributed by atoms with van der Waals surface area (Å²) in [4.78, 5) is 18.0. The molecule has 1 aromatic heterocycles. The smallest absolute Gasteiger partial charge is 0.328 e. The van der Waals surface area contributed by atoms with E-state index in [1.165, 1.54) is 7.11 Å². The van der Waals surface area contributed by atoms with Gasteiger partial charge in [0.05, 0.1) is 11.6 Å². The van der Waals surface area contributed by atoms with Crippen molar-refractivity contribution in [3.63, 3.8) is 0 Å². The minimum atomic E-state index is -0.218. The van der Waals surface area contributed by atoms with Crippen LogP contribution in [0.1, 0.15) is 12.8 Å². The molecule has 92 valence electrons. The van der Waals surface area contributed by atoms with Crippen molar-refractivity contribution in [2.45, 2.75) is 18.9 Å². The first kappa shape index (κ1) is 12.8. The van der Waals surface area contributed by atoms with Gasteiger partial charge in [0.25, 0.3) is 0 Å². The lowest BCUT2D eigenvalue weighted by Crippen LogP contribution is -2.37. The van der Waals surface area contributed by atoms with Gasteiger partial charge in [-0.15, -0.1) is 0 Å². The van der Waals surface area contributed by atoms with E-state index in [2.05, 4.69) is 36.8 Å². The van der Waals surface area contributed by atoms with Gasteiger partial charge in [0.2, 0.25) is 0 Å². The fraction of sp³-hybridized carbons (Fsp3) is 0.455. The SMILES string of the molecule is COC(=O)C1CCCN1c1ncc(Br)cc1Br. The molecule has 2 rings (SSSR count). The summed E-state index contributed by atoms with van der Waals surface area (Å²) in [6.45, 7) is 0.826. The summed E-state index contributed by atoms with van der Waals surface area (Å²) in [5.74, 6) is 0.597. The van der Waals surface area contributed by atoms with Gasteiger partial charge in [0.1, 0.15) is 11.9 Å². The van der Waals surface area contributed by atoms with E-state index in [0.29, 0.717) is 0 Å². The van der Waals surface area contributed by atoms with Gasteiger partial charge in [-0.25, -0.2) is 9.78 Å². The number of carbonyl (C=O) groups is 1. The summed E-state index contributed by atoms with van der Waals surface area (Å²) in [6, 6.07) is 1.71. The molecule has 1 atom stereocenters. The standard InChI is InChI=1S/C11H12Br2N2O2/c1-17-11(16)9-3-2-4-15(9)10-8(13)5-7(12)6-14-10/h5-6,9H,2-4H2,1H3. The highest BCUT2D eigenvalue weighted by atomic mass is 79.9. The van der Waals surface area contributed by atoms with E-state index in [1.54, 1.807) is 6.20 Å². The van der Waals surface area contributed by atoms with Crippen molar-refractivity contribution in [3.8, 4) is 0 Å². The van der Waals surface area contributed by atoms with Crippen molar-refractivity contribution in [2.75, 3.05) is 18.6 Å². The van der Waals surface area contributed by atoms with Crippen LogP contribution in [0.15, 0.2) is 21.2 Å². The number of halogens is 2. The second kappa shape index (κ2) is 5.35. The van der Waals surface area contributed by atoms with E-state index in [-0.39, 0.29) is 12.0 Å². The molecule has 6 heteroatoms. The molecule has 0 N–H and O–H groups in total. The number of hydrogen-bond acceptors (Lipinski definition) is 4. The highest BCUT2D eigenvalue weighted by molar-refractivity contribution is 9.11.